The maximum absolute atomic E-state index is 9.63. The summed E-state index contributed by atoms with van der Waals surface area (Å²) in [6.45, 7) is 4.46. The monoisotopic (exact) mass is 354 g/mol. The van der Waals surface area contributed by atoms with E-state index in [9.17, 15) is 5.11 Å². The van der Waals surface area contributed by atoms with Crippen molar-refractivity contribution in [1.29, 1.82) is 0 Å². The van der Waals surface area contributed by atoms with Gasteiger partial charge in [0.25, 0.3) is 0 Å². The Bertz CT molecular complexity index is 258. The molecule has 0 fully saturated rings. The number of nitrogens with two attached hydrogens (primary N) is 1. The molecule has 0 spiro atoms. The van der Waals surface area contributed by atoms with Gasteiger partial charge < -0.3 is 30.5 Å². The van der Waals surface area contributed by atoms with Crippen molar-refractivity contribution in [3.05, 3.63) is 0 Å². The van der Waals surface area contributed by atoms with Crippen LogP contribution in [0.2, 0.25) is 0 Å². The van der Waals surface area contributed by atoms with Gasteiger partial charge in [0, 0.05) is 13.0 Å². The first-order chi connectivity index (χ1) is 11.5. The van der Waals surface area contributed by atoms with E-state index in [4.69, 9.17) is 35.2 Å². The molecule has 9 nitrogen and oxygen atoms in total. The number of aliphatic hydroxyl groups is 3. The third-order valence-corrected chi connectivity index (χ3v) is 2.99. The molecule has 0 aliphatic heterocycles. The van der Waals surface area contributed by atoms with Crippen molar-refractivity contribution in [3.63, 3.8) is 0 Å². The number of aliphatic hydroxyl groups excluding tert-OH is 3. The second-order valence-corrected chi connectivity index (χ2v) is 5.47. The molecule has 146 valence electrons. The first-order valence-electron chi connectivity index (χ1n) is 8.45. The Kier molecular flexibility index (Phi) is 17.2. The van der Waals surface area contributed by atoms with Gasteiger partial charge in [-0.25, -0.2) is 9.78 Å². The smallest absolute Gasteiger partial charge is 0.106 e. The lowest BCUT2D eigenvalue weighted by molar-refractivity contribution is -0.303. The number of nitrogens with one attached hydrogen (secondary N) is 1. The molecular weight excluding hydrogens is 320 g/mol. The summed E-state index contributed by atoms with van der Waals surface area (Å²) in [6.07, 6.45) is 0.701. The Balaban J connectivity index is 3.12. The molecule has 0 aromatic heterocycles. The molecule has 0 amide bonds. The molecule has 0 radical (unpaired) electrons. The largest absolute Gasteiger partial charge is 0.393 e. The highest BCUT2D eigenvalue weighted by molar-refractivity contribution is 4.56. The topological polar surface area (TPSA) is 136 Å². The van der Waals surface area contributed by atoms with Crippen molar-refractivity contribution in [2.24, 2.45) is 5.73 Å². The minimum absolute atomic E-state index is 0.293. The molecule has 3 atom stereocenters. The van der Waals surface area contributed by atoms with Crippen molar-refractivity contribution in [3.8, 4) is 0 Å². The normalized spacial score (nSPS) is 15.4. The van der Waals surface area contributed by atoms with Crippen LogP contribution in [-0.2, 0) is 19.2 Å². The van der Waals surface area contributed by atoms with Crippen LogP contribution in [0.4, 0.5) is 0 Å². The number of ether oxygens (including phenoxy) is 2. The molecule has 0 saturated carbocycles. The van der Waals surface area contributed by atoms with Crippen LogP contribution >= 0.6 is 0 Å². The molecule has 0 saturated heterocycles. The van der Waals surface area contributed by atoms with Gasteiger partial charge in [-0.1, -0.05) is 0 Å². The average molecular weight is 354 g/mol. The van der Waals surface area contributed by atoms with Crippen LogP contribution in [0.15, 0.2) is 0 Å². The summed E-state index contributed by atoms with van der Waals surface area (Å²) in [4.78, 5) is 9.77. The maximum Gasteiger partial charge on any atom is 0.106 e. The van der Waals surface area contributed by atoms with Crippen molar-refractivity contribution < 1.29 is 34.6 Å². The fourth-order valence-corrected chi connectivity index (χ4v) is 1.72. The van der Waals surface area contributed by atoms with E-state index < -0.39 is 12.5 Å². The van der Waals surface area contributed by atoms with Gasteiger partial charge in [-0.2, -0.15) is 0 Å². The van der Waals surface area contributed by atoms with Crippen LogP contribution < -0.4 is 11.1 Å². The standard InChI is InChI=1S/C15H34N2O7/c1-13(18)3-2-4-15(20)17-6-8-22-10-12-24-23-11-9-21-7-5-14(16)19/h13-15,17-20H,2-12,16H2,1H3. The lowest BCUT2D eigenvalue weighted by Crippen LogP contribution is -2.32. The molecule has 0 aromatic rings. The third kappa shape index (κ3) is 19.7. The summed E-state index contributed by atoms with van der Waals surface area (Å²) in [5.74, 6) is 0. The molecule has 3 unspecified atom stereocenters. The lowest BCUT2D eigenvalue weighted by Gasteiger charge is -2.13. The zero-order chi connectivity index (χ0) is 18.0. The highest BCUT2D eigenvalue weighted by atomic mass is 17.2. The SMILES string of the molecule is CC(O)CCCC(O)NCCOCCOOCCOCCC(N)O. The number of hydrogen-bond donors (Lipinski definition) is 5. The van der Waals surface area contributed by atoms with Crippen LogP contribution in [0.25, 0.3) is 0 Å². The third-order valence-electron chi connectivity index (χ3n) is 2.99. The van der Waals surface area contributed by atoms with Crippen molar-refractivity contribution >= 4 is 0 Å². The molecule has 0 aliphatic rings. The van der Waals surface area contributed by atoms with E-state index in [0.717, 1.165) is 6.42 Å². The Morgan fingerprint density at radius 3 is 2.04 bits per heavy atom. The minimum atomic E-state index is -0.848. The zero-order valence-electron chi connectivity index (χ0n) is 14.6. The Hall–Kier alpha value is -0.360. The number of rotatable bonds is 18. The summed E-state index contributed by atoms with van der Waals surface area (Å²) >= 11 is 0. The average Bonchev–Trinajstić information content (AvgIpc) is 2.51. The molecule has 6 N–H and O–H groups in total. The van der Waals surface area contributed by atoms with E-state index in [1.54, 1.807) is 6.92 Å². The van der Waals surface area contributed by atoms with Crippen LogP contribution in [0.5, 0.6) is 0 Å². The van der Waals surface area contributed by atoms with Gasteiger partial charge in [0.1, 0.15) is 25.7 Å². The van der Waals surface area contributed by atoms with Gasteiger partial charge >= 0.3 is 0 Å². The summed E-state index contributed by atoms with van der Waals surface area (Å²) in [7, 11) is 0. The van der Waals surface area contributed by atoms with Gasteiger partial charge in [-0.15, -0.1) is 0 Å². The Labute approximate surface area is 144 Å². The summed E-state index contributed by atoms with van der Waals surface area (Å²) in [6, 6.07) is 0. The highest BCUT2D eigenvalue weighted by Crippen LogP contribution is 2.01. The molecule has 0 bridgehead atoms. The van der Waals surface area contributed by atoms with E-state index in [1.165, 1.54) is 0 Å². The molecule has 24 heavy (non-hydrogen) atoms. The molecule has 0 aliphatic carbocycles. The maximum atomic E-state index is 9.63. The van der Waals surface area contributed by atoms with E-state index in [1.807, 2.05) is 0 Å². The van der Waals surface area contributed by atoms with Crippen LogP contribution in [-0.4, -0.2) is 80.1 Å². The predicted octanol–water partition coefficient (Wildman–Crippen LogP) is -0.906. The summed E-state index contributed by atoms with van der Waals surface area (Å²) in [5.41, 5.74) is 5.15. The number of hydrogen-bond acceptors (Lipinski definition) is 9. The molecule has 9 heteroatoms. The van der Waals surface area contributed by atoms with Gasteiger partial charge in [0.15, 0.2) is 0 Å². The molecule has 0 rings (SSSR count). The minimum Gasteiger partial charge on any atom is -0.393 e. The van der Waals surface area contributed by atoms with Crippen molar-refractivity contribution in [2.75, 3.05) is 46.2 Å². The second kappa shape index (κ2) is 17.5. The fourth-order valence-electron chi connectivity index (χ4n) is 1.72. The first-order valence-corrected chi connectivity index (χ1v) is 8.45. The first kappa shape index (κ1) is 23.6. The second-order valence-electron chi connectivity index (χ2n) is 5.47. The van der Waals surface area contributed by atoms with Crippen molar-refractivity contribution in [2.45, 2.75) is 51.2 Å². The van der Waals surface area contributed by atoms with Crippen LogP contribution in [0, 0.1) is 0 Å². The predicted molar refractivity (Wildman–Crippen MR) is 87.9 cm³/mol. The lowest BCUT2D eigenvalue weighted by atomic mass is 10.1. The highest BCUT2D eigenvalue weighted by Gasteiger charge is 2.04. The van der Waals surface area contributed by atoms with E-state index in [0.29, 0.717) is 65.4 Å². The summed E-state index contributed by atoms with van der Waals surface area (Å²) < 4.78 is 10.5. The Morgan fingerprint density at radius 2 is 1.46 bits per heavy atom. The van der Waals surface area contributed by atoms with E-state index in [-0.39, 0.29) is 6.10 Å². The van der Waals surface area contributed by atoms with E-state index >= 15 is 0 Å². The van der Waals surface area contributed by atoms with Gasteiger partial charge in [-0.05, 0) is 26.2 Å². The van der Waals surface area contributed by atoms with Crippen molar-refractivity contribution in [1.82, 2.24) is 5.32 Å². The van der Waals surface area contributed by atoms with Gasteiger partial charge in [0.2, 0.25) is 0 Å². The molecule has 0 aromatic carbocycles. The van der Waals surface area contributed by atoms with Crippen LogP contribution in [0.1, 0.15) is 32.6 Å². The molecular formula is C15H34N2O7. The fraction of sp³-hybridized carbons (Fsp3) is 1.00. The Morgan fingerprint density at radius 1 is 0.833 bits per heavy atom. The molecule has 0 heterocycles. The van der Waals surface area contributed by atoms with Gasteiger partial charge in [0.05, 0.1) is 32.5 Å². The van der Waals surface area contributed by atoms with Gasteiger partial charge in [-0.3, -0.25) is 5.32 Å². The van der Waals surface area contributed by atoms with Crippen LogP contribution in [0.3, 0.4) is 0 Å². The van der Waals surface area contributed by atoms with E-state index in [2.05, 4.69) is 5.32 Å². The quantitative estimate of drug-likeness (QED) is 0.0917. The zero-order valence-corrected chi connectivity index (χ0v) is 14.6. The summed E-state index contributed by atoms with van der Waals surface area (Å²) in [5, 5.41) is 30.5.